The number of hydrogen-bond acceptors (Lipinski definition) is 3. The van der Waals surface area contributed by atoms with Gasteiger partial charge in [0.25, 0.3) is 0 Å². The summed E-state index contributed by atoms with van der Waals surface area (Å²) in [5.74, 6) is 0. The normalized spacial score (nSPS) is 9.67. The van der Waals surface area contributed by atoms with Crippen LogP contribution in [0.4, 0.5) is 0 Å². The first-order valence-electron chi connectivity index (χ1n) is 6.20. The second-order valence-electron chi connectivity index (χ2n) is 3.62. The fourth-order valence-corrected chi connectivity index (χ4v) is 1.48. The molecular formula is C12H28N2O. The summed E-state index contributed by atoms with van der Waals surface area (Å²) in [4.78, 5) is 11.1. The molecule has 0 heterocycles. The zero-order chi connectivity index (χ0) is 11.9. The number of hydrogen-bond donors (Lipinski definition) is 0. The zero-order valence-electron chi connectivity index (χ0n) is 11.0. The zero-order valence-corrected chi connectivity index (χ0v) is 11.0. The quantitative estimate of drug-likeness (QED) is 0.458. The van der Waals surface area contributed by atoms with Crippen LogP contribution in [0.15, 0.2) is 5.18 Å². The molecule has 0 bridgehead atoms. The van der Waals surface area contributed by atoms with Gasteiger partial charge in [-0.15, -0.1) is 0 Å². The third-order valence-corrected chi connectivity index (χ3v) is 2.47. The van der Waals surface area contributed by atoms with Crippen LogP contribution >= 0.6 is 0 Å². The van der Waals surface area contributed by atoms with E-state index < -0.39 is 0 Å². The molecule has 0 rings (SSSR count). The summed E-state index contributed by atoms with van der Waals surface area (Å²) in [5, 5.41) is 2.25. The molecule has 3 heteroatoms. The first-order chi connectivity index (χ1) is 7.26. The summed E-state index contributed by atoms with van der Waals surface area (Å²) < 4.78 is 0. The van der Waals surface area contributed by atoms with E-state index in [1.165, 1.54) is 58.8 Å². The average molecular weight is 216 g/mol. The van der Waals surface area contributed by atoms with Gasteiger partial charge < -0.3 is 4.90 Å². The predicted molar refractivity (Wildman–Crippen MR) is 68.3 cm³/mol. The molecular weight excluding hydrogens is 188 g/mol. The summed E-state index contributed by atoms with van der Waals surface area (Å²) in [7, 11) is 1.19. The van der Waals surface area contributed by atoms with Crippen LogP contribution in [0, 0.1) is 4.91 Å². The van der Waals surface area contributed by atoms with E-state index in [-0.39, 0.29) is 0 Å². The van der Waals surface area contributed by atoms with Gasteiger partial charge >= 0.3 is 0 Å². The summed E-state index contributed by atoms with van der Waals surface area (Å²) in [6.07, 6.45) is 7.01. The molecule has 15 heavy (non-hydrogen) atoms. The molecule has 0 radical (unpaired) electrons. The Morgan fingerprint density at radius 2 is 1.40 bits per heavy atom. The SMILES string of the molecule is CCCCCCCN(CC)CC.CN=O. The lowest BCUT2D eigenvalue weighted by Gasteiger charge is -2.17. The van der Waals surface area contributed by atoms with Gasteiger partial charge in [0.15, 0.2) is 0 Å². The van der Waals surface area contributed by atoms with Gasteiger partial charge in [-0.25, -0.2) is 0 Å². The Morgan fingerprint density at radius 3 is 1.80 bits per heavy atom. The lowest BCUT2D eigenvalue weighted by atomic mass is 10.1. The fraction of sp³-hybridized carbons (Fsp3) is 1.00. The summed E-state index contributed by atoms with van der Waals surface area (Å²) in [6.45, 7) is 10.5. The Morgan fingerprint density at radius 1 is 0.933 bits per heavy atom. The van der Waals surface area contributed by atoms with Gasteiger partial charge in [0, 0.05) is 0 Å². The second kappa shape index (κ2) is 16.0. The molecule has 0 aromatic rings. The van der Waals surface area contributed by atoms with E-state index in [4.69, 9.17) is 4.91 Å². The molecule has 0 saturated heterocycles. The van der Waals surface area contributed by atoms with Crippen molar-refractivity contribution < 1.29 is 0 Å². The van der Waals surface area contributed by atoms with Gasteiger partial charge in [0.2, 0.25) is 0 Å². The average Bonchev–Trinajstić information content (AvgIpc) is 2.25. The topological polar surface area (TPSA) is 32.7 Å². The standard InChI is InChI=1S/C11H25N.CH3NO/c1-4-7-8-9-10-11-12(5-2)6-3;1-2-3/h4-11H2,1-3H3;1H3. The lowest BCUT2D eigenvalue weighted by Crippen LogP contribution is -2.23. The van der Waals surface area contributed by atoms with Crippen molar-refractivity contribution in [2.24, 2.45) is 5.18 Å². The van der Waals surface area contributed by atoms with Gasteiger partial charge in [0.05, 0.1) is 7.05 Å². The van der Waals surface area contributed by atoms with Crippen LogP contribution in [-0.2, 0) is 0 Å². The van der Waals surface area contributed by atoms with E-state index in [0.29, 0.717) is 0 Å². The van der Waals surface area contributed by atoms with Gasteiger partial charge in [0.1, 0.15) is 0 Å². The van der Waals surface area contributed by atoms with Crippen LogP contribution in [0.5, 0.6) is 0 Å². The minimum atomic E-state index is 1.19. The highest BCUT2D eigenvalue weighted by atomic mass is 16.2. The van der Waals surface area contributed by atoms with Crippen LogP contribution in [0.2, 0.25) is 0 Å². The molecule has 0 aliphatic heterocycles. The van der Waals surface area contributed by atoms with Crippen molar-refractivity contribution in [1.29, 1.82) is 0 Å². The summed E-state index contributed by atoms with van der Waals surface area (Å²) in [6, 6.07) is 0. The van der Waals surface area contributed by atoms with E-state index >= 15 is 0 Å². The Kier molecular flexibility index (Phi) is 18.1. The van der Waals surface area contributed by atoms with E-state index in [1.54, 1.807) is 0 Å². The number of unbranched alkanes of at least 4 members (excludes halogenated alkanes) is 4. The summed E-state index contributed by atoms with van der Waals surface area (Å²) in [5.41, 5.74) is 0. The predicted octanol–water partition coefficient (Wildman–Crippen LogP) is 3.68. The van der Waals surface area contributed by atoms with Crippen molar-refractivity contribution in [1.82, 2.24) is 4.90 Å². The van der Waals surface area contributed by atoms with E-state index in [2.05, 4.69) is 30.8 Å². The minimum absolute atomic E-state index is 1.19. The van der Waals surface area contributed by atoms with Crippen molar-refractivity contribution in [3.63, 3.8) is 0 Å². The van der Waals surface area contributed by atoms with E-state index in [1.807, 2.05) is 0 Å². The van der Waals surface area contributed by atoms with E-state index in [9.17, 15) is 0 Å². The van der Waals surface area contributed by atoms with Crippen molar-refractivity contribution in [2.75, 3.05) is 26.7 Å². The minimum Gasteiger partial charge on any atom is -0.304 e. The third-order valence-electron chi connectivity index (χ3n) is 2.47. The molecule has 0 aromatic carbocycles. The second-order valence-corrected chi connectivity index (χ2v) is 3.62. The summed E-state index contributed by atoms with van der Waals surface area (Å²) >= 11 is 0. The van der Waals surface area contributed by atoms with Crippen molar-refractivity contribution >= 4 is 0 Å². The Labute approximate surface area is 95.2 Å². The van der Waals surface area contributed by atoms with Crippen molar-refractivity contribution in [3.05, 3.63) is 4.91 Å². The number of nitrogens with zero attached hydrogens (tertiary/aromatic N) is 2. The highest BCUT2D eigenvalue weighted by Gasteiger charge is 1.97. The smallest absolute Gasteiger partial charge is 0.0700 e. The monoisotopic (exact) mass is 216 g/mol. The Balaban J connectivity index is 0. The first kappa shape index (κ1) is 17.0. The van der Waals surface area contributed by atoms with Crippen LogP contribution in [0.3, 0.4) is 0 Å². The molecule has 0 spiro atoms. The maximum atomic E-state index is 8.56. The molecule has 0 unspecified atom stereocenters. The molecule has 0 amide bonds. The van der Waals surface area contributed by atoms with Gasteiger partial charge in [-0.05, 0) is 26.1 Å². The first-order valence-corrected chi connectivity index (χ1v) is 6.20. The molecule has 0 fully saturated rings. The van der Waals surface area contributed by atoms with Crippen LogP contribution in [0.1, 0.15) is 52.9 Å². The molecule has 3 nitrogen and oxygen atoms in total. The van der Waals surface area contributed by atoms with Crippen LogP contribution in [-0.4, -0.2) is 31.6 Å². The third kappa shape index (κ3) is 16.2. The molecule has 0 saturated carbocycles. The highest BCUT2D eigenvalue weighted by molar-refractivity contribution is 4.52. The van der Waals surface area contributed by atoms with Crippen molar-refractivity contribution in [2.45, 2.75) is 52.9 Å². The van der Waals surface area contributed by atoms with Gasteiger partial charge in [-0.2, -0.15) is 4.91 Å². The molecule has 0 aromatic heterocycles. The maximum Gasteiger partial charge on any atom is 0.0700 e. The highest BCUT2D eigenvalue weighted by Crippen LogP contribution is 2.03. The number of rotatable bonds is 8. The Bertz CT molecular complexity index is 114. The Hall–Kier alpha value is -0.440. The van der Waals surface area contributed by atoms with Gasteiger partial charge in [-0.1, -0.05) is 51.6 Å². The van der Waals surface area contributed by atoms with Crippen LogP contribution < -0.4 is 0 Å². The maximum absolute atomic E-state index is 8.56. The van der Waals surface area contributed by atoms with Crippen LogP contribution in [0.25, 0.3) is 0 Å². The molecule has 0 N–H and O–H groups in total. The molecule has 0 aliphatic carbocycles. The van der Waals surface area contributed by atoms with Crippen molar-refractivity contribution in [3.8, 4) is 0 Å². The number of nitroso groups, excluding NO2 is 1. The largest absolute Gasteiger partial charge is 0.304 e. The van der Waals surface area contributed by atoms with Gasteiger partial charge in [-0.3, -0.25) is 0 Å². The fourth-order valence-electron chi connectivity index (χ4n) is 1.48. The van der Waals surface area contributed by atoms with E-state index in [0.717, 1.165) is 0 Å². The lowest BCUT2D eigenvalue weighted by molar-refractivity contribution is 0.295. The molecule has 92 valence electrons. The molecule has 0 aliphatic rings. The molecule has 0 atom stereocenters.